The van der Waals surface area contributed by atoms with Crippen LogP contribution in [0.1, 0.15) is 40.0 Å². The molecule has 4 unspecified atom stereocenters. The number of rotatable bonds is 13. The number of carboxylic acids is 2. The van der Waals surface area contributed by atoms with Gasteiger partial charge in [-0.2, -0.15) is 0 Å². The minimum Gasteiger partial charge on any atom is -0.481 e. The fraction of sp³-hybridized carbons (Fsp3) is 0.647. The second-order valence-corrected chi connectivity index (χ2v) is 7.21. The van der Waals surface area contributed by atoms with Gasteiger partial charge in [0.05, 0.1) is 18.9 Å². The molecule has 0 aliphatic rings. The first kappa shape index (κ1) is 26.8. The molecule has 0 saturated heterocycles. The minimum absolute atomic E-state index is 0.0375. The summed E-state index contributed by atoms with van der Waals surface area (Å²) in [6, 6.07) is -5.34. The lowest BCUT2D eigenvalue weighted by atomic mass is 10.0. The molecule has 0 saturated carbocycles. The molecule has 0 aliphatic heterocycles. The molecule has 0 aromatic heterocycles. The van der Waals surface area contributed by atoms with Crippen molar-refractivity contribution in [2.75, 3.05) is 0 Å². The standard InChI is InChI=1S/C17H29N5O8/c1-7(2)4-9(20-14(26)8(3)18)15(27)21-10(5-12(19)23)16(28)22-11(17(29)30)6-13(24)25/h7-11H,4-6,18H2,1-3H3,(H2,19,23)(H,20,26)(H,21,27)(H,22,28)(H,24,25)(H,29,30). The highest BCUT2D eigenvalue weighted by Crippen LogP contribution is 2.07. The van der Waals surface area contributed by atoms with Crippen molar-refractivity contribution in [3.05, 3.63) is 0 Å². The van der Waals surface area contributed by atoms with Crippen LogP contribution in [0.2, 0.25) is 0 Å². The van der Waals surface area contributed by atoms with E-state index in [-0.39, 0.29) is 12.3 Å². The second kappa shape index (κ2) is 12.4. The SMILES string of the molecule is CC(C)CC(NC(=O)C(C)N)C(=O)NC(CC(N)=O)C(=O)NC(CC(=O)O)C(=O)O. The molecule has 0 heterocycles. The Bertz CT molecular complexity index is 679. The summed E-state index contributed by atoms with van der Waals surface area (Å²) in [5, 5.41) is 24.4. The largest absolute Gasteiger partial charge is 0.481 e. The summed E-state index contributed by atoms with van der Waals surface area (Å²) in [7, 11) is 0. The van der Waals surface area contributed by atoms with Crippen LogP contribution < -0.4 is 27.4 Å². The third-order valence-electron chi connectivity index (χ3n) is 3.79. The summed E-state index contributed by atoms with van der Waals surface area (Å²) in [5.41, 5.74) is 10.6. The van der Waals surface area contributed by atoms with Crippen molar-refractivity contribution in [1.29, 1.82) is 0 Å². The van der Waals surface area contributed by atoms with Crippen molar-refractivity contribution in [1.82, 2.24) is 16.0 Å². The van der Waals surface area contributed by atoms with E-state index >= 15 is 0 Å². The summed E-state index contributed by atoms with van der Waals surface area (Å²) in [6.45, 7) is 4.99. The average Bonchev–Trinajstić information content (AvgIpc) is 2.58. The van der Waals surface area contributed by atoms with Gasteiger partial charge in [0.2, 0.25) is 23.6 Å². The maximum absolute atomic E-state index is 12.6. The fourth-order valence-corrected chi connectivity index (χ4v) is 2.34. The van der Waals surface area contributed by atoms with Crippen molar-refractivity contribution < 1.29 is 39.0 Å². The fourth-order valence-electron chi connectivity index (χ4n) is 2.34. The van der Waals surface area contributed by atoms with Gasteiger partial charge < -0.3 is 37.6 Å². The smallest absolute Gasteiger partial charge is 0.326 e. The van der Waals surface area contributed by atoms with Gasteiger partial charge in [0.25, 0.3) is 0 Å². The number of hydrogen-bond acceptors (Lipinski definition) is 7. The third kappa shape index (κ3) is 10.4. The van der Waals surface area contributed by atoms with Crippen molar-refractivity contribution >= 4 is 35.6 Å². The van der Waals surface area contributed by atoms with E-state index in [0.29, 0.717) is 0 Å². The quantitative estimate of drug-likeness (QED) is 0.160. The maximum atomic E-state index is 12.6. The lowest BCUT2D eigenvalue weighted by Crippen LogP contribution is -2.57. The van der Waals surface area contributed by atoms with Crippen LogP contribution in [0.15, 0.2) is 0 Å². The van der Waals surface area contributed by atoms with E-state index in [2.05, 4.69) is 10.6 Å². The van der Waals surface area contributed by atoms with Crippen LogP contribution in [0.4, 0.5) is 0 Å². The van der Waals surface area contributed by atoms with E-state index in [1.54, 1.807) is 13.8 Å². The number of carboxylic acid groups (broad SMARTS) is 2. The molecule has 170 valence electrons. The first-order chi connectivity index (χ1) is 13.7. The highest BCUT2D eigenvalue weighted by atomic mass is 16.4. The van der Waals surface area contributed by atoms with E-state index in [9.17, 15) is 28.8 Å². The van der Waals surface area contributed by atoms with E-state index in [0.717, 1.165) is 0 Å². The number of carbonyl (C=O) groups is 6. The second-order valence-electron chi connectivity index (χ2n) is 7.21. The Balaban J connectivity index is 5.47. The molecule has 13 nitrogen and oxygen atoms in total. The van der Waals surface area contributed by atoms with E-state index in [1.807, 2.05) is 5.32 Å². The van der Waals surface area contributed by atoms with E-state index in [4.69, 9.17) is 21.7 Å². The van der Waals surface area contributed by atoms with Crippen LogP contribution in [0.5, 0.6) is 0 Å². The zero-order valence-corrected chi connectivity index (χ0v) is 17.0. The van der Waals surface area contributed by atoms with Crippen LogP contribution in [0, 0.1) is 5.92 Å². The third-order valence-corrected chi connectivity index (χ3v) is 3.79. The summed E-state index contributed by atoms with van der Waals surface area (Å²) in [5.74, 6) is -6.64. The number of nitrogens with two attached hydrogens (primary N) is 2. The molecule has 0 rings (SSSR count). The Labute approximate surface area is 172 Å². The number of hydrogen-bond donors (Lipinski definition) is 7. The number of carbonyl (C=O) groups excluding carboxylic acids is 4. The Hall–Kier alpha value is -3.22. The van der Waals surface area contributed by atoms with Crippen LogP contribution in [0.25, 0.3) is 0 Å². The molecule has 0 aromatic rings. The molecule has 0 aliphatic carbocycles. The Morgan fingerprint density at radius 3 is 1.63 bits per heavy atom. The van der Waals surface area contributed by atoms with Crippen molar-refractivity contribution in [2.24, 2.45) is 17.4 Å². The van der Waals surface area contributed by atoms with Gasteiger partial charge in [0, 0.05) is 0 Å². The normalized spacial score (nSPS) is 14.7. The van der Waals surface area contributed by atoms with E-state index in [1.165, 1.54) is 6.92 Å². The number of aliphatic carboxylic acids is 2. The van der Waals surface area contributed by atoms with Crippen LogP contribution in [-0.4, -0.2) is 69.9 Å². The maximum Gasteiger partial charge on any atom is 0.326 e. The lowest BCUT2D eigenvalue weighted by molar-refractivity contribution is -0.147. The summed E-state index contributed by atoms with van der Waals surface area (Å²) < 4.78 is 0. The van der Waals surface area contributed by atoms with Gasteiger partial charge >= 0.3 is 11.9 Å². The first-order valence-electron chi connectivity index (χ1n) is 9.14. The Kier molecular flexibility index (Phi) is 11.0. The zero-order chi connectivity index (χ0) is 23.6. The topological polar surface area (TPSA) is 231 Å². The predicted molar refractivity (Wildman–Crippen MR) is 103 cm³/mol. The predicted octanol–water partition coefficient (Wildman–Crippen LogP) is -2.73. The number of nitrogens with one attached hydrogen (secondary N) is 3. The molecular formula is C17H29N5O8. The molecule has 9 N–H and O–H groups in total. The first-order valence-corrected chi connectivity index (χ1v) is 9.14. The van der Waals surface area contributed by atoms with Gasteiger partial charge in [0.1, 0.15) is 18.1 Å². The molecular weight excluding hydrogens is 402 g/mol. The lowest BCUT2D eigenvalue weighted by Gasteiger charge is -2.25. The molecule has 0 spiro atoms. The van der Waals surface area contributed by atoms with Gasteiger partial charge in [-0.25, -0.2) is 4.79 Å². The molecule has 0 bridgehead atoms. The van der Waals surface area contributed by atoms with Gasteiger partial charge in [-0.15, -0.1) is 0 Å². The summed E-state index contributed by atoms with van der Waals surface area (Å²) in [4.78, 5) is 70.1. The van der Waals surface area contributed by atoms with Crippen LogP contribution in [-0.2, 0) is 28.8 Å². The van der Waals surface area contributed by atoms with Crippen LogP contribution >= 0.6 is 0 Å². The molecule has 4 atom stereocenters. The highest BCUT2D eigenvalue weighted by molar-refractivity contribution is 5.96. The molecule has 13 heteroatoms. The van der Waals surface area contributed by atoms with Gasteiger partial charge in [-0.1, -0.05) is 13.8 Å². The van der Waals surface area contributed by atoms with Crippen molar-refractivity contribution in [2.45, 2.75) is 64.2 Å². The van der Waals surface area contributed by atoms with Crippen molar-refractivity contribution in [3.8, 4) is 0 Å². The minimum atomic E-state index is -1.79. The molecule has 0 aromatic carbocycles. The van der Waals surface area contributed by atoms with Gasteiger partial charge in [-0.05, 0) is 19.3 Å². The van der Waals surface area contributed by atoms with Crippen LogP contribution in [0.3, 0.4) is 0 Å². The van der Waals surface area contributed by atoms with Gasteiger partial charge in [-0.3, -0.25) is 24.0 Å². The van der Waals surface area contributed by atoms with E-state index < -0.39 is 72.6 Å². The Morgan fingerprint density at radius 1 is 0.767 bits per heavy atom. The number of primary amides is 1. The Morgan fingerprint density at radius 2 is 1.23 bits per heavy atom. The van der Waals surface area contributed by atoms with Crippen molar-refractivity contribution in [3.63, 3.8) is 0 Å². The molecule has 4 amide bonds. The molecule has 0 radical (unpaired) electrons. The zero-order valence-electron chi connectivity index (χ0n) is 17.0. The average molecular weight is 431 g/mol. The molecule has 0 fully saturated rings. The highest BCUT2D eigenvalue weighted by Gasteiger charge is 2.31. The molecule has 30 heavy (non-hydrogen) atoms. The summed E-state index contributed by atoms with van der Waals surface area (Å²) in [6.07, 6.45) is -1.41. The number of amides is 4. The monoisotopic (exact) mass is 431 g/mol. The van der Waals surface area contributed by atoms with Gasteiger partial charge in [0.15, 0.2) is 0 Å². The summed E-state index contributed by atoms with van der Waals surface area (Å²) >= 11 is 0.